The number of hydrogen-bond acceptors (Lipinski definition) is 3. The van der Waals surface area contributed by atoms with Crippen LogP contribution in [-0.2, 0) is 6.42 Å². The predicted octanol–water partition coefficient (Wildman–Crippen LogP) is 4.76. The molecule has 2 aromatic carbocycles. The van der Waals surface area contributed by atoms with Gasteiger partial charge in [0.1, 0.15) is 5.75 Å². The number of rotatable bonds is 3. The molecule has 1 amide bonds. The lowest BCUT2D eigenvalue weighted by Gasteiger charge is -2.32. The van der Waals surface area contributed by atoms with E-state index in [1.54, 1.807) is 20.2 Å². The minimum absolute atomic E-state index is 0.306. The number of ether oxygens (including phenoxy) is 2. The Labute approximate surface area is 153 Å². The molecule has 0 bridgehead atoms. The molecule has 0 aliphatic carbocycles. The molecular formula is C20H22ClNO3. The van der Waals surface area contributed by atoms with Gasteiger partial charge in [-0.25, -0.2) is 4.79 Å². The molecule has 25 heavy (non-hydrogen) atoms. The van der Waals surface area contributed by atoms with Gasteiger partial charge in [-0.15, -0.1) is 0 Å². The number of nitrogens with zero attached hydrogens (tertiary/aromatic N) is 1. The number of amides is 1. The van der Waals surface area contributed by atoms with Crippen LogP contribution in [0.3, 0.4) is 0 Å². The second kappa shape index (κ2) is 7.36. The Bertz CT molecular complexity index is 761. The fourth-order valence-electron chi connectivity index (χ4n) is 3.04. The van der Waals surface area contributed by atoms with E-state index >= 15 is 0 Å². The molecule has 0 spiro atoms. The van der Waals surface area contributed by atoms with Gasteiger partial charge >= 0.3 is 6.09 Å². The monoisotopic (exact) mass is 359 g/mol. The lowest BCUT2D eigenvalue weighted by atomic mass is 9.82. The SMILES string of the molecule is C[C@H]1c2cc(Cl)c(OC(=O)N(C)C)cc2OC[C@@H]1Cc1ccccc1. The first kappa shape index (κ1) is 17.6. The van der Waals surface area contributed by atoms with E-state index in [0.717, 1.165) is 17.7 Å². The Kier molecular flexibility index (Phi) is 5.19. The standard InChI is InChI=1S/C20H22ClNO3/c1-13-15(9-14-7-5-4-6-8-14)12-24-18-11-19(17(21)10-16(13)18)25-20(23)22(2)3/h4-8,10-11,13,15H,9,12H2,1-3H3/t13-,15+/m1/s1. The molecule has 1 aliphatic rings. The Morgan fingerprint density at radius 3 is 2.68 bits per heavy atom. The second-order valence-electron chi connectivity index (χ2n) is 6.63. The number of halogens is 1. The van der Waals surface area contributed by atoms with Gasteiger partial charge in [0.25, 0.3) is 0 Å². The van der Waals surface area contributed by atoms with Gasteiger partial charge in [-0.3, -0.25) is 0 Å². The lowest BCUT2D eigenvalue weighted by Crippen LogP contribution is -2.27. The van der Waals surface area contributed by atoms with Crippen LogP contribution in [0.15, 0.2) is 42.5 Å². The van der Waals surface area contributed by atoms with Crippen LogP contribution in [0.4, 0.5) is 4.79 Å². The third-order valence-electron chi connectivity index (χ3n) is 4.62. The number of carbonyl (C=O) groups is 1. The van der Waals surface area contributed by atoms with E-state index < -0.39 is 6.09 Å². The first-order valence-electron chi connectivity index (χ1n) is 8.35. The maximum Gasteiger partial charge on any atom is 0.414 e. The fraction of sp³-hybridized carbons (Fsp3) is 0.350. The molecule has 1 heterocycles. The highest BCUT2D eigenvalue weighted by Crippen LogP contribution is 2.43. The number of carbonyl (C=O) groups excluding carboxylic acids is 1. The first-order valence-corrected chi connectivity index (χ1v) is 8.72. The second-order valence-corrected chi connectivity index (χ2v) is 7.04. The highest BCUT2D eigenvalue weighted by molar-refractivity contribution is 6.32. The summed E-state index contributed by atoms with van der Waals surface area (Å²) in [7, 11) is 3.25. The summed E-state index contributed by atoms with van der Waals surface area (Å²) in [4.78, 5) is 13.1. The molecule has 132 valence electrons. The molecule has 4 nitrogen and oxygen atoms in total. The van der Waals surface area contributed by atoms with Crippen molar-refractivity contribution in [3.63, 3.8) is 0 Å². The van der Waals surface area contributed by atoms with Gasteiger partial charge in [0.05, 0.1) is 11.6 Å². The molecule has 3 rings (SSSR count). The van der Waals surface area contributed by atoms with Crippen molar-refractivity contribution in [1.29, 1.82) is 0 Å². The van der Waals surface area contributed by atoms with Crippen molar-refractivity contribution in [2.45, 2.75) is 19.3 Å². The van der Waals surface area contributed by atoms with E-state index in [2.05, 4.69) is 31.2 Å². The van der Waals surface area contributed by atoms with E-state index in [0.29, 0.717) is 29.2 Å². The average molecular weight is 360 g/mol. The summed E-state index contributed by atoms with van der Waals surface area (Å²) in [6, 6.07) is 14.0. The lowest BCUT2D eigenvalue weighted by molar-refractivity contribution is 0.170. The van der Waals surface area contributed by atoms with Crippen molar-refractivity contribution in [1.82, 2.24) is 4.90 Å². The Morgan fingerprint density at radius 2 is 2.00 bits per heavy atom. The van der Waals surface area contributed by atoms with E-state index in [-0.39, 0.29) is 0 Å². The number of benzene rings is 2. The summed E-state index contributed by atoms with van der Waals surface area (Å²) in [5, 5.41) is 0.421. The minimum atomic E-state index is -0.465. The normalized spacial score (nSPS) is 18.9. The molecule has 0 fully saturated rings. The van der Waals surface area contributed by atoms with Crippen molar-refractivity contribution >= 4 is 17.7 Å². The number of fused-ring (bicyclic) bond motifs is 1. The average Bonchev–Trinajstić information content (AvgIpc) is 2.59. The Balaban J connectivity index is 1.80. The molecule has 2 aromatic rings. The number of hydrogen-bond donors (Lipinski definition) is 0. The van der Waals surface area contributed by atoms with Crippen molar-refractivity contribution < 1.29 is 14.3 Å². The van der Waals surface area contributed by atoms with Crippen LogP contribution in [0.1, 0.15) is 24.0 Å². The van der Waals surface area contributed by atoms with Gasteiger partial charge in [0.2, 0.25) is 0 Å². The van der Waals surface area contributed by atoms with Crippen LogP contribution in [0, 0.1) is 5.92 Å². The van der Waals surface area contributed by atoms with Crippen molar-refractivity contribution in [2.24, 2.45) is 5.92 Å². The maximum absolute atomic E-state index is 11.8. The molecule has 2 atom stereocenters. The van der Waals surface area contributed by atoms with Crippen LogP contribution in [0.2, 0.25) is 5.02 Å². The van der Waals surface area contributed by atoms with Crippen LogP contribution >= 0.6 is 11.6 Å². The molecule has 0 unspecified atom stereocenters. The molecule has 5 heteroatoms. The van der Waals surface area contributed by atoms with Crippen LogP contribution < -0.4 is 9.47 Å². The van der Waals surface area contributed by atoms with Gasteiger partial charge in [-0.05, 0) is 29.5 Å². The zero-order chi connectivity index (χ0) is 18.0. The molecule has 0 saturated heterocycles. The summed E-state index contributed by atoms with van der Waals surface area (Å²) < 4.78 is 11.3. The van der Waals surface area contributed by atoms with Gasteiger partial charge < -0.3 is 14.4 Å². The smallest absolute Gasteiger partial charge is 0.414 e. The topological polar surface area (TPSA) is 38.8 Å². The van der Waals surface area contributed by atoms with Gasteiger partial charge in [-0.1, -0.05) is 48.9 Å². The molecule has 0 radical (unpaired) electrons. The van der Waals surface area contributed by atoms with Crippen molar-refractivity contribution in [2.75, 3.05) is 20.7 Å². The summed E-state index contributed by atoms with van der Waals surface area (Å²) in [5.74, 6) is 1.75. The third kappa shape index (κ3) is 3.90. The van der Waals surface area contributed by atoms with Crippen molar-refractivity contribution in [3.05, 3.63) is 58.6 Å². The van der Waals surface area contributed by atoms with Crippen LogP contribution in [0.25, 0.3) is 0 Å². The molecule has 1 aliphatic heterocycles. The van der Waals surface area contributed by atoms with Gasteiger partial charge in [-0.2, -0.15) is 0 Å². The molecule has 0 aromatic heterocycles. The predicted molar refractivity (Wildman–Crippen MR) is 98.7 cm³/mol. The molecule has 0 saturated carbocycles. The summed E-state index contributed by atoms with van der Waals surface area (Å²) in [6.07, 6.45) is 0.490. The summed E-state index contributed by atoms with van der Waals surface area (Å²) >= 11 is 6.33. The zero-order valence-electron chi connectivity index (χ0n) is 14.7. The van der Waals surface area contributed by atoms with Crippen LogP contribution in [0.5, 0.6) is 11.5 Å². The van der Waals surface area contributed by atoms with E-state index in [1.165, 1.54) is 10.5 Å². The Hall–Kier alpha value is -2.20. The van der Waals surface area contributed by atoms with Crippen molar-refractivity contribution in [3.8, 4) is 11.5 Å². The molecule has 0 N–H and O–H groups in total. The summed E-state index contributed by atoms with van der Waals surface area (Å²) in [6.45, 7) is 2.82. The highest BCUT2D eigenvalue weighted by atomic mass is 35.5. The largest absolute Gasteiger partial charge is 0.493 e. The van der Waals surface area contributed by atoms with E-state index in [9.17, 15) is 4.79 Å². The van der Waals surface area contributed by atoms with Crippen LogP contribution in [-0.4, -0.2) is 31.7 Å². The molecular weight excluding hydrogens is 338 g/mol. The first-order chi connectivity index (χ1) is 12.0. The minimum Gasteiger partial charge on any atom is -0.493 e. The fourth-order valence-corrected chi connectivity index (χ4v) is 3.25. The maximum atomic E-state index is 11.8. The third-order valence-corrected chi connectivity index (χ3v) is 4.91. The van der Waals surface area contributed by atoms with Gasteiger partial charge in [0, 0.05) is 26.1 Å². The summed E-state index contributed by atoms with van der Waals surface area (Å²) in [5.41, 5.74) is 2.36. The highest BCUT2D eigenvalue weighted by Gasteiger charge is 2.29. The van der Waals surface area contributed by atoms with E-state index in [1.807, 2.05) is 12.1 Å². The zero-order valence-corrected chi connectivity index (χ0v) is 15.4. The van der Waals surface area contributed by atoms with E-state index in [4.69, 9.17) is 21.1 Å². The quantitative estimate of drug-likeness (QED) is 0.793. The Morgan fingerprint density at radius 1 is 1.28 bits per heavy atom. The van der Waals surface area contributed by atoms with Gasteiger partial charge in [0.15, 0.2) is 5.75 Å².